The second-order valence-corrected chi connectivity index (χ2v) is 7.90. The molecular weight excluding hydrogens is 362 g/mol. The number of hydrogen-bond donors (Lipinski definition) is 0. The average Bonchev–Trinajstić information content (AvgIpc) is 2.76. The quantitative estimate of drug-likeness (QED) is 0.677. The van der Waals surface area contributed by atoms with Gasteiger partial charge in [0, 0.05) is 0 Å². The zero-order valence-electron chi connectivity index (χ0n) is 17.0. The number of unbranched alkanes of at least 4 members (excludes halogenated alkanes) is 1. The van der Waals surface area contributed by atoms with Crippen LogP contribution in [0.3, 0.4) is 0 Å². The Morgan fingerprint density at radius 1 is 1.07 bits per heavy atom. The van der Waals surface area contributed by atoms with Crippen molar-refractivity contribution in [1.29, 1.82) is 0 Å². The number of amides is 1. The smallest absolute Gasteiger partial charge is 0.411 e. The molecule has 0 radical (unpaired) electrons. The summed E-state index contributed by atoms with van der Waals surface area (Å²) in [5.74, 6) is 0. The molecule has 0 aliphatic carbocycles. The maximum absolute atomic E-state index is 12.8. The number of fused-ring (bicyclic) bond motifs is 2. The van der Waals surface area contributed by atoms with Crippen LogP contribution >= 0.6 is 0 Å². The number of benzene rings is 2. The van der Waals surface area contributed by atoms with E-state index in [0.29, 0.717) is 19.8 Å². The van der Waals surface area contributed by atoms with Crippen LogP contribution in [0.25, 0.3) is 5.57 Å². The minimum Gasteiger partial charge on any atom is -0.445 e. The molecule has 2 atom stereocenters. The van der Waals surface area contributed by atoms with Crippen LogP contribution in [0.4, 0.5) is 4.79 Å². The SMILES string of the molecule is CCCCc1ccc(C2=CC3COCC(C2)N3C(=O)OCc2ccccc2)cc1. The Morgan fingerprint density at radius 3 is 2.59 bits per heavy atom. The van der Waals surface area contributed by atoms with Gasteiger partial charge in [0.05, 0.1) is 25.3 Å². The highest BCUT2D eigenvalue weighted by atomic mass is 16.6. The van der Waals surface area contributed by atoms with Crippen LogP contribution < -0.4 is 0 Å². The molecule has 4 rings (SSSR count). The summed E-state index contributed by atoms with van der Waals surface area (Å²) in [5, 5.41) is 0. The van der Waals surface area contributed by atoms with E-state index in [0.717, 1.165) is 18.4 Å². The van der Waals surface area contributed by atoms with Gasteiger partial charge in [-0.05, 0) is 41.5 Å². The molecular formula is C25H29NO3. The first kappa shape index (κ1) is 19.7. The maximum Gasteiger partial charge on any atom is 0.411 e. The second-order valence-electron chi connectivity index (χ2n) is 7.90. The van der Waals surface area contributed by atoms with Crippen molar-refractivity contribution in [2.75, 3.05) is 13.2 Å². The lowest BCUT2D eigenvalue weighted by Crippen LogP contribution is -2.56. The molecule has 2 aliphatic rings. The summed E-state index contributed by atoms with van der Waals surface area (Å²) >= 11 is 0. The van der Waals surface area contributed by atoms with Gasteiger partial charge in [0.15, 0.2) is 0 Å². The van der Waals surface area contributed by atoms with Gasteiger partial charge in [-0.2, -0.15) is 0 Å². The Balaban J connectivity index is 1.44. The van der Waals surface area contributed by atoms with Gasteiger partial charge in [0.1, 0.15) is 6.61 Å². The van der Waals surface area contributed by atoms with E-state index in [1.165, 1.54) is 29.5 Å². The first-order chi connectivity index (χ1) is 14.2. The van der Waals surface area contributed by atoms with Crippen molar-refractivity contribution in [3.05, 3.63) is 77.4 Å². The summed E-state index contributed by atoms with van der Waals surface area (Å²) in [7, 11) is 0. The van der Waals surface area contributed by atoms with Crippen LogP contribution in [0.1, 0.15) is 42.9 Å². The van der Waals surface area contributed by atoms with Crippen molar-refractivity contribution >= 4 is 11.7 Å². The predicted octanol–water partition coefficient (Wildman–Crippen LogP) is 5.22. The Morgan fingerprint density at radius 2 is 1.86 bits per heavy atom. The number of carbonyl (C=O) groups is 1. The number of morpholine rings is 1. The zero-order chi connectivity index (χ0) is 20.1. The summed E-state index contributed by atoms with van der Waals surface area (Å²) in [6.07, 6.45) is 6.30. The van der Waals surface area contributed by atoms with E-state index in [-0.39, 0.29) is 18.2 Å². The Bertz CT molecular complexity index is 844. The van der Waals surface area contributed by atoms with Crippen LogP contribution in [-0.2, 0) is 22.5 Å². The van der Waals surface area contributed by atoms with Crippen molar-refractivity contribution in [3.63, 3.8) is 0 Å². The topological polar surface area (TPSA) is 38.8 Å². The van der Waals surface area contributed by atoms with E-state index < -0.39 is 0 Å². The standard InChI is InChI=1S/C25H29NO3/c1-2-3-7-19-10-12-21(13-11-19)22-14-23-17-28-18-24(15-22)26(23)25(27)29-16-20-8-5-4-6-9-20/h4-6,8-14,23-24H,2-3,7,15-18H2,1H3. The third kappa shape index (κ3) is 4.70. The number of nitrogens with zero attached hydrogens (tertiary/aromatic N) is 1. The molecule has 1 amide bonds. The molecule has 0 saturated carbocycles. The molecule has 2 aromatic rings. The summed E-state index contributed by atoms with van der Waals surface area (Å²) in [6.45, 7) is 3.60. The van der Waals surface area contributed by atoms with Gasteiger partial charge in [0.2, 0.25) is 0 Å². The normalized spacial score (nSPS) is 20.9. The fraction of sp³-hybridized carbons (Fsp3) is 0.400. The van der Waals surface area contributed by atoms with Crippen LogP contribution in [0.5, 0.6) is 0 Å². The molecule has 1 saturated heterocycles. The van der Waals surface area contributed by atoms with E-state index in [1.54, 1.807) is 0 Å². The number of aryl methyl sites for hydroxylation is 1. The van der Waals surface area contributed by atoms with Crippen LogP contribution in [0.2, 0.25) is 0 Å². The van der Waals surface area contributed by atoms with Crippen molar-refractivity contribution in [2.24, 2.45) is 0 Å². The Kier molecular flexibility index (Phi) is 6.30. The molecule has 0 spiro atoms. The average molecular weight is 392 g/mol. The fourth-order valence-corrected chi connectivity index (χ4v) is 4.15. The van der Waals surface area contributed by atoms with E-state index in [4.69, 9.17) is 9.47 Å². The third-order valence-corrected chi connectivity index (χ3v) is 5.76. The highest BCUT2D eigenvalue weighted by Crippen LogP contribution is 2.33. The summed E-state index contributed by atoms with van der Waals surface area (Å²) < 4.78 is 11.3. The van der Waals surface area contributed by atoms with Gasteiger partial charge in [-0.3, -0.25) is 4.90 Å². The van der Waals surface area contributed by atoms with Crippen molar-refractivity contribution < 1.29 is 14.3 Å². The largest absolute Gasteiger partial charge is 0.445 e. The molecule has 2 aromatic carbocycles. The van der Waals surface area contributed by atoms with Gasteiger partial charge in [0.25, 0.3) is 0 Å². The van der Waals surface area contributed by atoms with Gasteiger partial charge in [-0.25, -0.2) is 4.79 Å². The van der Waals surface area contributed by atoms with Crippen LogP contribution in [0.15, 0.2) is 60.7 Å². The molecule has 1 fully saturated rings. The Hall–Kier alpha value is -2.59. The van der Waals surface area contributed by atoms with E-state index >= 15 is 0 Å². The van der Waals surface area contributed by atoms with E-state index in [9.17, 15) is 4.79 Å². The second kappa shape index (κ2) is 9.27. The number of carbonyl (C=O) groups excluding carboxylic acids is 1. The molecule has 0 N–H and O–H groups in total. The molecule has 152 valence electrons. The van der Waals surface area contributed by atoms with Crippen molar-refractivity contribution in [2.45, 2.75) is 51.3 Å². The highest BCUT2D eigenvalue weighted by molar-refractivity contribution is 5.74. The number of hydrogen-bond acceptors (Lipinski definition) is 3. The maximum atomic E-state index is 12.8. The number of rotatable bonds is 6. The lowest BCUT2D eigenvalue weighted by Gasteiger charge is -2.43. The molecule has 0 aromatic heterocycles. The van der Waals surface area contributed by atoms with Gasteiger partial charge in [-0.15, -0.1) is 0 Å². The molecule has 2 bridgehead atoms. The first-order valence-corrected chi connectivity index (χ1v) is 10.6. The molecule has 2 unspecified atom stereocenters. The highest BCUT2D eigenvalue weighted by Gasteiger charge is 2.39. The zero-order valence-corrected chi connectivity index (χ0v) is 17.0. The predicted molar refractivity (Wildman–Crippen MR) is 115 cm³/mol. The summed E-state index contributed by atoms with van der Waals surface area (Å²) in [4.78, 5) is 14.7. The minimum atomic E-state index is -0.252. The van der Waals surface area contributed by atoms with Crippen LogP contribution in [0, 0.1) is 0 Å². The molecule has 4 heteroatoms. The fourth-order valence-electron chi connectivity index (χ4n) is 4.15. The van der Waals surface area contributed by atoms with Gasteiger partial charge < -0.3 is 9.47 Å². The molecule has 2 heterocycles. The van der Waals surface area contributed by atoms with E-state index in [2.05, 4.69) is 37.3 Å². The van der Waals surface area contributed by atoms with Crippen molar-refractivity contribution in [3.8, 4) is 0 Å². The monoisotopic (exact) mass is 391 g/mol. The number of ether oxygens (including phenoxy) is 2. The van der Waals surface area contributed by atoms with Crippen molar-refractivity contribution in [1.82, 2.24) is 4.90 Å². The third-order valence-electron chi connectivity index (χ3n) is 5.76. The van der Waals surface area contributed by atoms with Crippen LogP contribution in [-0.4, -0.2) is 36.3 Å². The summed E-state index contributed by atoms with van der Waals surface area (Å²) in [6, 6.07) is 18.7. The Labute approximate surface area is 173 Å². The lowest BCUT2D eigenvalue weighted by molar-refractivity contribution is -0.0342. The molecule has 29 heavy (non-hydrogen) atoms. The molecule has 4 nitrogen and oxygen atoms in total. The van der Waals surface area contributed by atoms with E-state index in [1.807, 2.05) is 35.2 Å². The lowest BCUT2D eigenvalue weighted by atomic mass is 9.89. The van der Waals surface area contributed by atoms with Gasteiger partial charge in [-0.1, -0.05) is 74.0 Å². The minimum absolute atomic E-state index is 0.0248. The molecule has 2 aliphatic heterocycles. The van der Waals surface area contributed by atoms with Gasteiger partial charge >= 0.3 is 6.09 Å². The first-order valence-electron chi connectivity index (χ1n) is 10.6. The summed E-state index contributed by atoms with van der Waals surface area (Å²) in [5.41, 5.74) is 4.94.